The van der Waals surface area contributed by atoms with E-state index in [4.69, 9.17) is 10.5 Å². The largest absolute Gasteiger partial charge is 0.488 e. The third kappa shape index (κ3) is 2.68. The van der Waals surface area contributed by atoms with Crippen molar-refractivity contribution in [2.45, 2.75) is 18.4 Å². The summed E-state index contributed by atoms with van der Waals surface area (Å²) in [6.45, 7) is -0.245. The van der Waals surface area contributed by atoms with Crippen molar-refractivity contribution < 1.29 is 23.0 Å². The molecular formula is C13H15F2NO3. The van der Waals surface area contributed by atoms with E-state index < -0.39 is 23.1 Å². The average molecular weight is 271 g/mol. The van der Waals surface area contributed by atoms with E-state index >= 15 is 0 Å². The van der Waals surface area contributed by atoms with E-state index in [1.165, 1.54) is 19.2 Å². The van der Waals surface area contributed by atoms with Crippen LogP contribution in [0.15, 0.2) is 18.2 Å². The quantitative estimate of drug-likeness (QED) is 0.827. The summed E-state index contributed by atoms with van der Waals surface area (Å²) in [5.74, 6) is -3.02. The third-order valence-electron chi connectivity index (χ3n) is 3.25. The van der Waals surface area contributed by atoms with Crippen LogP contribution < -0.4 is 10.5 Å². The predicted molar refractivity (Wildman–Crippen MR) is 63.5 cm³/mol. The van der Waals surface area contributed by atoms with Crippen molar-refractivity contribution in [3.63, 3.8) is 0 Å². The predicted octanol–water partition coefficient (Wildman–Crippen LogP) is 1.62. The molecule has 0 bridgehead atoms. The van der Waals surface area contributed by atoms with Crippen LogP contribution in [-0.2, 0) is 9.53 Å². The van der Waals surface area contributed by atoms with Crippen molar-refractivity contribution in [1.82, 2.24) is 0 Å². The Hall–Kier alpha value is -1.69. The molecule has 1 aromatic carbocycles. The Morgan fingerprint density at radius 1 is 1.47 bits per heavy atom. The van der Waals surface area contributed by atoms with Gasteiger partial charge >= 0.3 is 5.97 Å². The summed E-state index contributed by atoms with van der Waals surface area (Å²) in [6, 6.07) is 3.59. The first-order valence-corrected chi connectivity index (χ1v) is 5.93. The minimum absolute atomic E-state index is 0.0448. The maximum Gasteiger partial charge on any atom is 0.329 e. The van der Waals surface area contributed by atoms with Gasteiger partial charge in [0.2, 0.25) is 5.82 Å². The molecule has 1 aromatic rings. The molecule has 1 aliphatic rings. The number of benzene rings is 1. The number of halogens is 2. The number of nitrogens with two attached hydrogens (primary N) is 1. The molecule has 0 saturated heterocycles. The zero-order valence-corrected chi connectivity index (χ0v) is 10.5. The number of ether oxygens (including phenoxy) is 2. The zero-order valence-electron chi connectivity index (χ0n) is 10.5. The summed E-state index contributed by atoms with van der Waals surface area (Å²) < 4.78 is 36.2. The molecule has 1 atom stereocenters. The summed E-state index contributed by atoms with van der Waals surface area (Å²) in [7, 11) is 1.23. The van der Waals surface area contributed by atoms with Gasteiger partial charge in [0, 0.05) is 0 Å². The summed E-state index contributed by atoms with van der Waals surface area (Å²) in [5.41, 5.74) is 4.67. The smallest absolute Gasteiger partial charge is 0.329 e. The highest BCUT2D eigenvalue weighted by Crippen LogP contribution is 2.39. The normalized spacial score (nSPS) is 17.7. The molecule has 1 saturated carbocycles. The van der Waals surface area contributed by atoms with E-state index in [1.54, 1.807) is 0 Å². The molecule has 2 N–H and O–H groups in total. The van der Waals surface area contributed by atoms with Crippen LogP contribution in [0.5, 0.6) is 5.75 Å². The molecule has 0 amide bonds. The van der Waals surface area contributed by atoms with Gasteiger partial charge in [0.1, 0.15) is 6.61 Å². The van der Waals surface area contributed by atoms with E-state index in [1.807, 2.05) is 0 Å². The van der Waals surface area contributed by atoms with E-state index in [9.17, 15) is 13.6 Å². The van der Waals surface area contributed by atoms with Gasteiger partial charge in [-0.3, -0.25) is 0 Å². The Morgan fingerprint density at radius 2 is 2.16 bits per heavy atom. The van der Waals surface area contributed by atoms with Gasteiger partial charge in [0.05, 0.1) is 7.11 Å². The Balaban J connectivity index is 2.11. The molecule has 0 spiro atoms. The van der Waals surface area contributed by atoms with Crippen molar-refractivity contribution in [3.05, 3.63) is 29.8 Å². The second kappa shape index (κ2) is 5.13. The van der Waals surface area contributed by atoms with E-state index in [0.29, 0.717) is 0 Å². The summed E-state index contributed by atoms with van der Waals surface area (Å²) in [4.78, 5) is 11.7. The van der Waals surface area contributed by atoms with Crippen LogP contribution in [0, 0.1) is 17.6 Å². The average Bonchev–Trinajstić information content (AvgIpc) is 3.23. The SMILES string of the molecule is COC(=O)C(N)(COc1cccc(F)c1F)C1CC1. The lowest BCUT2D eigenvalue weighted by molar-refractivity contribution is -0.149. The third-order valence-corrected chi connectivity index (χ3v) is 3.25. The molecule has 0 aliphatic heterocycles. The molecule has 19 heavy (non-hydrogen) atoms. The Bertz CT molecular complexity index is 491. The number of hydrogen-bond donors (Lipinski definition) is 1. The van der Waals surface area contributed by atoms with Gasteiger partial charge in [-0.25, -0.2) is 9.18 Å². The van der Waals surface area contributed by atoms with Gasteiger partial charge in [-0.05, 0) is 30.9 Å². The molecule has 2 rings (SSSR count). The van der Waals surface area contributed by atoms with Crippen LogP contribution in [0.1, 0.15) is 12.8 Å². The van der Waals surface area contributed by atoms with Crippen LogP contribution in [-0.4, -0.2) is 25.2 Å². The lowest BCUT2D eigenvalue weighted by Gasteiger charge is -2.26. The van der Waals surface area contributed by atoms with Crippen LogP contribution >= 0.6 is 0 Å². The Labute approximate surface area is 109 Å². The van der Waals surface area contributed by atoms with Crippen LogP contribution in [0.4, 0.5) is 8.78 Å². The minimum Gasteiger partial charge on any atom is -0.488 e. The highest BCUT2D eigenvalue weighted by atomic mass is 19.2. The lowest BCUT2D eigenvalue weighted by Crippen LogP contribution is -2.55. The zero-order chi connectivity index (χ0) is 14.0. The van der Waals surface area contributed by atoms with E-state index in [2.05, 4.69) is 4.74 Å². The van der Waals surface area contributed by atoms with Gasteiger partial charge in [0.25, 0.3) is 0 Å². The maximum atomic E-state index is 13.4. The topological polar surface area (TPSA) is 61.5 Å². The monoisotopic (exact) mass is 271 g/mol. The molecule has 104 valence electrons. The summed E-state index contributed by atoms with van der Waals surface area (Å²) >= 11 is 0. The van der Waals surface area contributed by atoms with Crippen molar-refractivity contribution in [1.29, 1.82) is 0 Å². The fourth-order valence-corrected chi connectivity index (χ4v) is 1.92. The molecule has 0 heterocycles. The molecule has 1 aliphatic carbocycles. The van der Waals surface area contributed by atoms with Gasteiger partial charge < -0.3 is 15.2 Å². The molecule has 6 heteroatoms. The molecule has 0 radical (unpaired) electrons. The van der Waals surface area contributed by atoms with Gasteiger partial charge in [0.15, 0.2) is 17.1 Å². The highest BCUT2D eigenvalue weighted by Gasteiger charge is 2.50. The summed E-state index contributed by atoms with van der Waals surface area (Å²) in [5, 5.41) is 0. The number of methoxy groups -OCH3 is 1. The van der Waals surface area contributed by atoms with Gasteiger partial charge in [-0.2, -0.15) is 4.39 Å². The first kappa shape index (κ1) is 13.7. The van der Waals surface area contributed by atoms with Crippen LogP contribution in [0.2, 0.25) is 0 Å². The number of esters is 1. The molecule has 1 fully saturated rings. The Morgan fingerprint density at radius 3 is 2.74 bits per heavy atom. The fourth-order valence-electron chi connectivity index (χ4n) is 1.92. The maximum absolute atomic E-state index is 13.4. The number of carbonyl (C=O) groups is 1. The van der Waals surface area contributed by atoms with E-state index in [0.717, 1.165) is 18.9 Å². The number of rotatable bonds is 5. The highest BCUT2D eigenvalue weighted by molar-refractivity contribution is 5.81. The second-order valence-electron chi connectivity index (χ2n) is 4.65. The summed E-state index contributed by atoms with van der Waals surface area (Å²) in [6.07, 6.45) is 1.58. The molecule has 4 nitrogen and oxygen atoms in total. The first-order valence-electron chi connectivity index (χ1n) is 5.93. The lowest BCUT2D eigenvalue weighted by atomic mass is 9.96. The fraction of sp³-hybridized carbons (Fsp3) is 0.462. The molecule has 0 aromatic heterocycles. The number of carbonyl (C=O) groups excluding carboxylic acids is 1. The van der Waals surface area contributed by atoms with Crippen molar-refractivity contribution in [3.8, 4) is 5.75 Å². The second-order valence-corrected chi connectivity index (χ2v) is 4.65. The van der Waals surface area contributed by atoms with Crippen molar-refractivity contribution in [2.24, 2.45) is 11.7 Å². The standard InChI is InChI=1S/C13H15F2NO3/c1-18-12(17)13(16,8-5-6-8)7-19-10-4-2-3-9(14)11(10)15/h2-4,8H,5-7,16H2,1H3. The van der Waals surface area contributed by atoms with Gasteiger partial charge in [-0.1, -0.05) is 6.07 Å². The van der Waals surface area contributed by atoms with Gasteiger partial charge in [-0.15, -0.1) is 0 Å². The van der Waals surface area contributed by atoms with E-state index in [-0.39, 0.29) is 18.3 Å². The molecule has 1 unspecified atom stereocenters. The van der Waals surface area contributed by atoms with Crippen molar-refractivity contribution >= 4 is 5.97 Å². The first-order chi connectivity index (χ1) is 8.99. The van der Waals surface area contributed by atoms with Crippen LogP contribution in [0.3, 0.4) is 0 Å². The Kier molecular flexibility index (Phi) is 3.71. The van der Waals surface area contributed by atoms with Crippen LogP contribution in [0.25, 0.3) is 0 Å². The minimum atomic E-state index is -1.31. The molecular weight excluding hydrogens is 256 g/mol. The number of hydrogen-bond acceptors (Lipinski definition) is 4. The van der Waals surface area contributed by atoms with Crippen molar-refractivity contribution in [2.75, 3.05) is 13.7 Å².